The van der Waals surface area contributed by atoms with Crippen molar-refractivity contribution in [1.29, 1.82) is 0 Å². The Morgan fingerprint density at radius 2 is 1.91 bits per heavy atom. The van der Waals surface area contributed by atoms with Gasteiger partial charge in [0.15, 0.2) is 0 Å². The first-order chi connectivity index (χ1) is 10.4. The molecule has 0 radical (unpaired) electrons. The summed E-state index contributed by atoms with van der Waals surface area (Å²) in [5, 5.41) is 3.21. The van der Waals surface area contributed by atoms with Crippen LogP contribution in [0.2, 0.25) is 5.02 Å². The molecule has 0 aliphatic heterocycles. The topological polar surface area (TPSA) is 93.7 Å². The van der Waals surface area contributed by atoms with Crippen LogP contribution < -0.4 is 10.0 Å². The molecule has 0 aromatic heterocycles. The molecule has 0 bridgehead atoms. The van der Waals surface area contributed by atoms with Crippen molar-refractivity contribution in [3.8, 4) is 0 Å². The molecule has 0 atom stereocenters. The second kappa shape index (κ2) is 10.8. The van der Waals surface area contributed by atoms with E-state index in [0.717, 1.165) is 0 Å². The van der Waals surface area contributed by atoms with Crippen LogP contribution >= 0.6 is 24.0 Å². The summed E-state index contributed by atoms with van der Waals surface area (Å²) < 4.78 is 36.4. The first kappa shape index (κ1) is 22.1. The summed E-state index contributed by atoms with van der Waals surface area (Å²) in [6.45, 7) is 1.74. The lowest BCUT2D eigenvalue weighted by Crippen LogP contribution is -2.33. The van der Waals surface area contributed by atoms with Crippen molar-refractivity contribution in [2.75, 3.05) is 40.5 Å². The highest BCUT2D eigenvalue weighted by Crippen LogP contribution is 2.21. The average Bonchev–Trinajstić information content (AvgIpc) is 2.50. The van der Waals surface area contributed by atoms with Crippen LogP contribution in [0.3, 0.4) is 0 Å². The first-order valence-electron chi connectivity index (χ1n) is 6.49. The number of hydrogen-bond donors (Lipinski definition) is 2. The fourth-order valence-corrected chi connectivity index (χ4v) is 3.13. The Morgan fingerprint density at radius 3 is 2.52 bits per heavy atom. The number of methoxy groups -OCH3 is 2. The maximum absolute atomic E-state index is 12.3. The number of sulfonamides is 1. The number of halogens is 2. The maximum Gasteiger partial charge on any atom is 0.339 e. The Bertz CT molecular complexity index is 610. The number of carbonyl (C=O) groups is 1. The first-order valence-corrected chi connectivity index (χ1v) is 8.35. The fourth-order valence-electron chi connectivity index (χ4n) is 1.65. The van der Waals surface area contributed by atoms with E-state index in [1.54, 1.807) is 7.11 Å². The molecule has 10 heteroatoms. The summed E-state index contributed by atoms with van der Waals surface area (Å²) in [7, 11) is -1.11. The number of rotatable bonds is 9. The smallest absolute Gasteiger partial charge is 0.339 e. The van der Waals surface area contributed by atoms with Gasteiger partial charge in [-0.25, -0.2) is 17.9 Å². The molecule has 132 valence electrons. The molecular formula is C13H20Cl2N2O5S. The van der Waals surface area contributed by atoms with Crippen LogP contribution in [0.15, 0.2) is 23.1 Å². The van der Waals surface area contributed by atoms with Gasteiger partial charge in [0.2, 0.25) is 10.0 Å². The third-order valence-corrected chi connectivity index (χ3v) is 4.45. The van der Waals surface area contributed by atoms with Gasteiger partial charge in [0, 0.05) is 31.8 Å². The van der Waals surface area contributed by atoms with Crippen LogP contribution in [-0.4, -0.2) is 54.8 Å². The highest BCUT2D eigenvalue weighted by Gasteiger charge is 2.23. The lowest BCUT2D eigenvalue weighted by molar-refractivity contribution is 0.0596. The van der Waals surface area contributed by atoms with Crippen LogP contribution in [0, 0.1) is 0 Å². The number of nitrogens with one attached hydrogen (secondary N) is 2. The number of ether oxygens (including phenoxy) is 2. The minimum Gasteiger partial charge on any atom is -0.465 e. The standard InChI is InChI=1S/C13H19ClN2O5S.ClH/c1-20-8-7-15-5-6-16-22(18,19)12-9-10(14)3-4-11(12)13(17)21-2;/h3-4,9,15-16H,5-8H2,1-2H3;1H. The summed E-state index contributed by atoms with van der Waals surface area (Å²) in [4.78, 5) is 11.5. The number of hydrogen-bond acceptors (Lipinski definition) is 6. The molecule has 2 N–H and O–H groups in total. The van der Waals surface area contributed by atoms with E-state index in [-0.39, 0.29) is 34.4 Å². The molecule has 0 aliphatic carbocycles. The number of esters is 1. The largest absolute Gasteiger partial charge is 0.465 e. The van der Waals surface area contributed by atoms with Crippen molar-refractivity contribution in [3.05, 3.63) is 28.8 Å². The summed E-state index contributed by atoms with van der Waals surface area (Å²) in [6.07, 6.45) is 0. The van der Waals surface area contributed by atoms with Gasteiger partial charge in [0.1, 0.15) is 0 Å². The van der Waals surface area contributed by atoms with Gasteiger partial charge >= 0.3 is 5.97 Å². The van der Waals surface area contributed by atoms with Crippen molar-refractivity contribution in [3.63, 3.8) is 0 Å². The van der Waals surface area contributed by atoms with E-state index in [1.165, 1.54) is 25.3 Å². The SMILES string of the molecule is COCCNCCNS(=O)(=O)c1cc(Cl)ccc1C(=O)OC.Cl. The molecule has 1 aromatic carbocycles. The van der Waals surface area contributed by atoms with E-state index < -0.39 is 16.0 Å². The Hall–Kier alpha value is -0.900. The minimum absolute atomic E-state index is 0. The lowest BCUT2D eigenvalue weighted by atomic mass is 10.2. The van der Waals surface area contributed by atoms with Gasteiger partial charge in [-0.15, -0.1) is 12.4 Å². The maximum atomic E-state index is 12.3. The number of benzene rings is 1. The molecule has 0 aliphatic rings. The Kier molecular flexibility index (Phi) is 10.4. The average molecular weight is 387 g/mol. The number of carbonyl (C=O) groups excluding carboxylic acids is 1. The van der Waals surface area contributed by atoms with Crippen LogP contribution in [0.5, 0.6) is 0 Å². The summed E-state index contributed by atoms with van der Waals surface area (Å²) in [5.74, 6) is -0.740. The van der Waals surface area contributed by atoms with E-state index in [1.807, 2.05) is 0 Å². The molecular weight excluding hydrogens is 367 g/mol. The monoisotopic (exact) mass is 386 g/mol. The molecule has 0 heterocycles. The van der Waals surface area contributed by atoms with Crippen molar-refractivity contribution in [1.82, 2.24) is 10.0 Å². The normalized spacial score (nSPS) is 10.9. The molecule has 0 fully saturated rings. The summed E-state index contributed by atoms with van der Waals surface area (Å²) in [5.41, 5.74) is -0.0632. The zero-order valence-electron chi connectivity index (χ0n) is 12.8. The van der Waals surface area contributed by atoms with Crippen molar-refractivity contribution >= 4 is 40.0 Å². The van der Waals surface area contributed by atoms with Crippen molar-refractivity contribution < 1.29 is 22.7 Å². The molecule has 0 spiro atoms. The van der Waals surface area contributed by atoms with E-state index in [0.29, 0.717) is 19.7 Å². The van der Waals surface area contributed by atoms with Gasteiger partial charge in [-0.1, -0.05) is 11.6 Å². The van der Waals surface area contributed by atoms with Gasteiger partial charge in [0.05, 0.1) is 24.2 Å². The molecule has 1 aromatic rings. The van der Waals surface area contributed by atoms with Crippen LogP contribution in [0.1, 0.15) is 10.4 Å². The second-order valence-corrected chi connectivity index (χ2v) is 6.44. The third-order valence-electron chi connectivity index (χ3n) is 2.72. The molecule has 1 rings (SSSR count). The van der Waals surface area contributed by atoms with E-state index >= 15 is 0 Å². The third kappa shape index (κ3) is 7.03. The predicted octanol–water partition coefficient (Wildman–Crippen LogP) is 1.06. The quantitative estimate of drug-likeness (QED) is 0.486. The van der Waals surface area contributed by atoms with Crippen LogP contribution in [0.25, 0.3) is 0 Å². The fraction of sp³-hybridized carbons (Fsp3) is 0.462. The van der Waals surface area contributed by atoms with Crippen molar-refractivity contribution in [2.24, 2.45) is 0 Å². The van der Waals surface area contributed by atoms with Crippen LogP contribution in [-0.2, 0) is 19.5 Å². The van der Waals surface area contributed by atoms with Crippen LogP contribution in [0.4, 0.5) is 0 Å². The molecule has 0 saturated heterocycles. The zero-order chi connectivity index (χ0) is 16.6. The van der Waals surface area contributed by atoms with Gasteiger partial charge in [-0.2, -0.15) is 0 Å². The van der Waals surface area contributed by atoms with Gasteiger partial charge in [-0.05, 0) is 18.2 Å². The van der Waals surface area contributed by atoms with E-state index in [9.17, 15) is 13.2 Å². The zero-order valence-corrected chi connectivity index (χ0v) is 15.2. The van der Waals surface area contributed by atoms with E-state index in [4.69, 9.17) is 16.3 Å². The van der Waals surface area contributed by atoms with Crippen molar-refractivity contribution in [2.45, 2.75) is 4.90 Å². The summed E-state index contributed by atoms with van der Waals surface area (Å²) in [6, 6.07) is 3.97. The molecule has 0 amide bonds. The minimum atomic E-state index is -3.87. The molecule has 0 saturated carbocycles. The van der Waals surface area contributed by atoms with Gasteiger partial charge in [0.25, 0.3) is 0 Å². The Morgan fingerprint density at radius 1 is 1.22 bits per heavy atom. The molecule has 7 nitrogen and oxygen atoms in total. The van der Waals surface area contributed by atoms with E-state index in [2.05, 4.69) is 14.8 Å². The second-order valence-electron chi connectivity index (χ2n) is 4.27. The summed E-state index contributed by atoms with van der Waals surface area (Å²) >= 11 is 5.82. The highest BCUT2D eigenvalue weighted by molar-refractivity contribution is 7.89. The predicted molar refractivity (Wildman–Crippen MR) is 90.0 cm³/mol. The highest BCUT2D eigenvalue weighted by atomic mass is 35.5. The Balaban J connectivity index is 0.00000484. The van der Waals surface area contributed by atoms with Gasteiger partial charge < -0.3 is 14.8 Å². The van der Waals surface area contributed by atoms with Gasteiger partial charge in [-0.3, -0.25) is 0 Å². The molecule has 23 heavy (non-hydrogen) atoms. The lowest BCUT2D eigenvalue weighted by Gasteiger charge is -2.11. The molecule has 0 unspecified atom stereocenters. The Labute approximate surface area is 147 Å².